The normalized spacial score (nSPS) is 0. The Morgan fingerprint density at radius 3 is 0.667 bits per heavy atom. The molecule has 0 N–H and O–H groups in total. The molecule has 0 rings (SSSR count). The SMILES string of the molecule is [Mo].[O-2].[O-2].[O-2].[V].[W]. The van der Waals surface area contributed by atoms with E-state index in [0.717, 1.165) is 0 Å². The quantitative estimate of drug-likeness (QED) is 0.515. The molecule has 0 aromatic carbocycles. The van der Waals surface area contributed by atoms with Crippen LogP contribution in [0.1, 0.15) is 0 Å². The first-order valence-corrected chi connectivity index (χ1v) is 0. The van der Waals surface area contributed by atoms with Crippen molar-refractivity contribution in [3.8, 4) is 0 Å². The van der Waals surface area contributed by atoms with Crippen LogP contribution in [0.25, 0.3) is 0 Å². The predicted molar refractivity (Wildman–Crippen MR) is 2.06 cm³/mol. The van der Waals surface area contributed by atoms with Crippen LogP contribution in [0.3, 0.4) is 0 Å². The zero-order chi connectivity index (χ0) is 0. The zero-order valence-corrected chi connectivity index (χ0v) is 8.83. The van der Waals surface area contributed by atoms with Gasteiger partial charge in [-0.05, 0) is 0 Å². The maximum Gasteiger partial charge on any atom is 0 e. The van der Waals surface area contributed by atoms with Crippen LogP contribution < -0.4 is 0 Å². The summed E-state index contributed by atoms with van der Waals surface area (Å²) in [5.41, 5.74) is 0. The average Bonchev–Trinajstić information content (AvgIpc) is 0. The van der Waals surface area contributed by atoms with Gasteiger partial charge in [-0.3, -0.25) is 0 Å². The Morgan fingerprint density at radius 1 is 0.667 bits per heavy atom. The van der Waals surface area contributed by atoms with Crippen LogP contribution in [0.4, 0.5) is 0 Å². The molecule has 0 saturated heterocycles. The molecule has 0 bridgehead atoms. The monoisotopic (exact) mass is 381 g/mol. The van der Waals surface area contributed by atoms with Crippen LogP contribution in [0.2, 0.25) is 0 Å². The molecule has 41 valence electrons. The van der Waals surface area contributed by atoms with E-state index in [2.05, 4.69) is 0 Å². The van der Waals surface area contributed by atoms with Crippen LogP contribution in [0.5, 0.6) is 0 Å². The Bertz CT molecular complexity index is 10.8. The Morgan fingerprint density at radius 2 is 0.667 bits per heavy atom. The molecule has 3 nitrogen and oxygen atoms in total. The Labute approximate surface area is 76.6 Å². The van der Waals surface area contributed by atoms with Gasteiger partial charge in [-0.25, -0.2) is 0 Å². The fraction of sp³-hybridized carbons (Fsp3) is 0. The maximum absolute atomic E-state index is 0. The van der Waals surface area contributed by atoms with E-state index < -0.39 is 0 Å². The van der Waals surface area contributed by atoms with E-state index in [4.69, 9.17) is 0 Å². The van der Waals surface area contributed by atoms with Crippen LogP contribution in [-0.4, -0.2) is 0 Å². The van der Waals surface area contributed by atoms with Gasteiger partial charge < -0.3 is 16.4 Å². The summed E-state index contributed by atoms with van der Waals surface area (Å²) < 4.78 is 0. The molecule has 0 unspecified atom stereocenters. The average molecular weight is 379 g/mol. The molecule has 0 aliphatic heterocycles. The first-order valence-electron chi connectivity index (χ1n) is 0. The summed E-state index contributed by atoms with van der Waals surface area (Å²) in [4.78, 5) is 0. The van der Waals surface area contributed by atoms with Gasteiger partial charge >= 0.3 is 0 Å². The van der Waals surface area contributed by atoms with Gasteiger partial charge in [-0.1, -0.05) is 0 Å². The second-order valence-corrected chi connectivity index (χ2v) is 0. The predicted octanol–water partition coefficient (Wildman–Crippen LogP) is -0.364. The van der Waals surface area contributed by atoms with Gasteiger partial charge in [0.2, 0.25) is 0 Å². The van der Waals surface area contributed by atoms with Gasteiger partial charge in [0, 0.05) is 60.7 Å². The second-order valence-electron chi connectivity index (χ2n) is 0. The van der Waals surface area contributed by atoms with Crippen LogP contribution in [0.15, 0.2) is 0 Å². The third-order valence-electron chi connectivity index (χ3n) is 0. The van der Waals surface area contributed by atoms with E-state index in [1.807, 2.05) is 0 Å². The standard InChI is InChI=1S/Mo.3O.V.W/q;3*-2;;. The van der Waals surface area contributed by atoms with E-state index in [-0.39, 0.29) is 77.1 Å². The minimum atomic E-state index is 0. The van der Waals surface area contributed by atoms with Gasteiger partial charge in [0.15, 0.2) is 0 Å². The Balaban J connectivity index is 0. The minimum absolute atomic E-state index is 0. The van der Waals surface area contributed by atoms with Crippen molar-refractivity contribution >= 4 is 0 Å². The van der Waals surface area contributed by atoms with Crippen LogP contribution >= 0.6 is 0 Å². The van der Waals surface area contributed by atoms with Crippen molar-refractivity contribution in [2.24, 2.45) is 0 Å². The zero-order valence-electron chi connectivity index (χ0n) is 2.49. The third-order valence-corrected chi connectivity index (χ3v) is 0. The first-order chi connectivity index (χ1) is 0. The number of rotatable bonds is 0. The molecule has 0 aromatic rings. The van der Waals surface area contributed by atoms with Crippen LogP contribution in [0, 0.1) is 0 Å². The van der Waals surface area contributed by atoms with Gasteiger partial charge in [-0.2, -0.15) is 0 Å². The fourth-order valence-electron chi connectivity index (χ4n) is 0. The molecule has 0 spiro atoms. The molecule has 1 radical (unpaired) electrons. The summed E-state index contributed by atoms with van der Waals surface area (Å²) in [7, 11) is 0. The molecule has 0 atom stereocenters. The Kier molecular flexibility index (Phi) is 1240. The molecule has 0 amide bonds. The summed E-state index contributed by atoms with van der Waals surface area (Å²) in [6, 6.07) is 0. The molecule has 6 heavy (non-hydrogen) atoms. The number of hydrogen-bond donors (Lipinski definition) is 0. The first kappa shape index (κ1) is 108. The van der Waals surface area contributed by atoms with Crippen molar-refractivity contribution < 1.29 is 77.1 Å². The largest absolute Gasteiger partial charge is 2.00 e. The van der Waals surface area contributed by atoms with E-state index >= 15 is 0 Å². The summed E-state index contributed by atoms with van der Waals surface area (Å²) >= 11 is 0. The van der Waals surface area contributed by atoms with Crippen molar-refractivity contribution in [2.45, 2.75) is 0 Å². The molecule has 0 aromatic heterocycles. The Hall–Kier alpha value is 1.84. The van der Waals surface area contributed by atoms with Crippen molar-refractivity contribution in [1.29, 1.82) is 0 Å². The molecule has 6 heteroatoms. The van der Waals surface area contributed by atoms with Crippen molar-refractivity contribution in [3.63, 3.8) is 0 Å². The van der Waals surface area contributed by atoms with E-state index in [1.165, 1.54) is 0 Å². The molecule has 0 heterocycles. The van der Waals surface area contributed by atoms with Crippen molar-refractivity contribution in [3.05, 3.63) is 0 Å². The van der Waals surface area contributed by atoms with E-state index in [1.54, 1.807) is 0 Å². The summed E-state index contributed by atoms with van der Waals surface area (Å²) in [6.45, 7) is 0. The molecule has 0 aliphatic rings. The van der Waals surface area contributed by atoms with Gasteiger partial charge in [-0.15, -0.1) is 0 Å². The summed E-state index contributed by atoms with van der Waals surface area (Å²) in [5.74, 6) is 0. The smallest absolute Gasteiger partial charge is 0 e. The maximum atomic E-state index is 0. The van der Waals surface area contributed by atoms with Crippen molar-refractivity contribution in [1.82, 2.24) is 0 Å². The van der Waals surface area contributed by atoms with Gasteiger partial charge in [0.05, 0.1) is 0 Å². The summed E-state index contributed by atoms with van der Waals surface area (Å²) in [6.07, 6.45) is 0. The van der Waals surface area contributed by atoms with Gasteiger partial charge in [0.25, 0.3) is 0 Å². The topological polar surface area (TPSA) is 85.5 Å². The number of hydrogen-bond acceptors (Lipinski definition) is 0. The molecular weight excluding hydrogens is 379 g/mol. The fourth-order valence-corrected chi connectivity index (χ4v) is 0. The second kappa shape index (κ2) is 68.9. The molecule has 0 fully saturated rings. The van der Waals surface area contributed by atoms with Gasteiger partial charge in [0.1, 0.15) is 0 Å². The van der Waals surface area contributed by atoms with Crippen molar-refractivity contribution in [2.75, 3.05) is 0 Å². The van der Waals surface area contributed by atoms with Crippen LogP contribution in [-0.2, 0) is 77.1 Å². The molecule has 0 aliphatic carbocycles. The molecular formula is MoO3VW-6. The minimum Gasteiger partial charge on any atom is -2.00 e. The molecule has 0 saturated carbocycles. The summed E-state index contributed by atoms with van der Waals surface area (Å²) in [5, 5.41) is 0. The third kappa shape index (κ3) is 40.4. The van der Waals surface area contributed by atoms with E-state index in [9.17, 15) is 0 Å². The van der Waals surface area contributed by atoms with E-state index in [0.29, 0.717) is 0 Å².